The molecule has 132 valence electrons. The van der Waals surface area contributed by atoms with E-state index in [-0.39, 0.29) is 11.1 Å². The van der Waals surface area contributed by atoms with Crippen LogP contribution in [0.15, 0.2) is 36.1 Å². The number of hydrogen-bond donors (Lipinski definition) is 1. The molecule has 0 aromatic carbocycles. The number of H-pyrrole nitrogens is 1. The van der Waals surface area contributed by atoms with E-state index in [1.54, 1.807) is 11.6 Å². The van der Waals surface area contributed by atoms with E-state index < -0.39 is 10.0 Å². The van der Waals surface area contributed by atoms with Gasteiger partial charge in [0, 0.05) is 45.6 Å². The summed E-state index contributed by atoms with van der Waals surface area (Å²) in [6.45, 7) is 0.876. The molecule has 0 aliphatic carbocycles. The number of sulfonamides is 1. The third-order valence-electron chi connectivity index (χ3n) is 4.63. The van der Waals surface area contributed by atoms with Crippen LogP contribution < -0.4 is 4.90 Å². The molecule has 1 saturated heterocycles. The molecule has 0 saturated carbocycles. The monoisotopic (exact) mass is 361 g/mol. The molecule has 0 amide bonds. The number of fused-ring (bicyclic) bond motifs is 1. The van der Waals surface area contributed by atoms with Gasteiger partial charge in [0.25, 0.3) is 10.0 Å². The molecule has 1 atom stereocenters. The summed E-state index contributed by atoms with van der Waals surface area (Å²) in [5, 5.41) is 1.02. The van der Waals surface area contributed by atoms with E-state index >= 15 is 0 Å². The van der Waals surface area contributed by atoms with Crippen LogP contribution in [-0.2, 0) is 17.1 Å². The highest BCUT2D eigenvalue weighted by Crippen LogP contribution is 2.28. The van der Waals surface area contributed by atoms with Crippen molar-refractivity contribution in [1.82, 2.24) is 28.8 Å². The van der Waals surface area contributed by atoms with Crippen LogP contribution in [0.1, 0.15) is 6.42 Å². The maximum absolute atomic E-state index is 12.7. The normalized spacial score (nSPS) is 18.9. The van der Waals surface area contributed by atoms with Crippen LogP contribution in [0.4, 0.5) is 5.82 Å². The van der Waals surface area contributed by atoms with Crippen molar-refractivity contribution in [1.29, 1.82) is 0 Å². The van der Waals surface area contributed by atoms with Crippen molar-refractivity contribution in [3.63, 3.8) is 0 Å². The minimum Gasteiger partial charge on any atom is -0.355 e. The highest BCUT2D eigenvalue weighted by Gasteiger charge is 2.36. The summed E-state index contributed by atoms with van der Waals surface area (Å²) in [6.07, 6.45) is 7.10. The number of aromatic nitrogens is 5. The molecule has 1 unspecified atom stereocenters. The lowest BCUT2D eigenvalue weighted by Crippen LogP contribution is -2.37. The van der Waals surface area contributed by atoms with E-state index in [9.17, 15) is 8.42 Å². The zero-order chi connectivity index (χ0) is 17.6. The van der Waals surface area contributed by atoms with E-state index in [4.69, 9.17) is 0 Å². The van der Waals surface area contributed by atoms with Crippen LogP contribution in [0.25, 0.3) is 11.0 Å². The fourth-order valence-electron chi connectivity index (χ4n) is 3.21. The Hall–Kier alpha value is -2.46. The topological polar surface area (TPSA) is 100 Å². The maximum Gasteiger partial charge on any atom is 0.262 e. The Kier molecular flexibility index (Phi) is 3.73. The van der Waals surface area contributed by atoms with Gasteiger partial charge in [-0.15, -0.1) is 0 Å². The van der Waals surface area contributed by atoms with Gasteiger partial charge >= 0.3 is 0 Å². The SMILES string of the molecule is CN(c1ncnc2[nH]ccc12)C1CCN(S(=O)(=O)c2cn(C)cn2)C1. The number of imidazole rings is 1. The number of hydrogen-bond acceptors (Lipinski definition) is 6. The Morgan fingerprint density at radius 1 is 1.32 bits per heavy atom. The second kappa shape index (κ2) is 5.81. The highest BCUT2D eigenvalue weighted by molar-refractivity contribution is 7.89. The summed E-state index contributed by atoms with van der Waals surface area (Å²) >= 11 is 0. The van der Waals surface area contributed by atoms with Crippen molar-refractivity contribution >= 4 is 26.9 Å². The Morgan fingerprint density at radius 3 is 2.92 bits per heavy atom. The van der Waals surface area contributed by atoms with Crippen molar-refractivity contribution in [2.45, 2.75) is 17.5 Å². The van der Waals surface area contributed by atoms with Gasteiger partial charge in [0.15, 0.2) is 5.03 Å². The Balaban J connectivity index is 1.57. The summed E-state index contributed by atoms with van der Waals surface area (Å²) < 4.78 is 28.6. The summed E-state index contributed by atoms with van der Waals surface area (Å²) in [4.78, 5) is 17.7. The van der Waals surface area contributed by atoms with E-state index in [0.29, 0.717) is 13.1 Å². The molecule has 4 heterocycles. The summed E-state index contributed by atoms with van der Waals surface area (Å²) in [5.41, 5.74) is 0.771. The fraction of sp³-hybridized carbons (Fsp3) is 0.400. The molecule has 1 N–H and O–H groups in total. The molecule has 3 aromatic heterocycles. The second-order valence-corrected chi connectivity index (χ2v) is 8.12. The Bertz CT molecular complexity index is 1010. The molecular weight excluding hydrogens is 342 g/mol. The molecule has 1 aliphatic rings. The molecule has 25 heavy (non-hydrogen) atoms. The van der Waals surface area contributed by atoms with E-state index in [1.165, 1.54) is 23.2 Å². The highest BCUT2D eigenvalue weighted by atomic mass is 32.2. The van der Waals surface area contributed by atoms with Gasteiger partial charge in [-0.25, -0.2) is 23.4 Å². The number of aryl methyl sites for hydroxylation is 1. The molecular formula is C15H19N7O2S. The predicted molar refractivity (Wildman–Crippen MR) is 92.7 cm³/mol. The lowest BCUT2D eigenvalue weighted by molar-refractivity contribution is 0.468. The van der Waals surface area contributed by atoms with Crippen LogP contribution in [-0.4, -0.2) is 63.4 Å². The largest absolute Gasteiger partial charge is 0.355 e. The number of nitrogens with zero attached hydrogens (tertiary/aromatic N) is 6. The number of nitrogens with one attached hydrogen (secondary N) is 1. The van der Waals surface area contributed by atoms with E-state index in [0.717, 1.165) is 23.3 Å². The molecule has 3 aromatic rings. The summed E-state index contributed by atoms with van der Waals surface area (Å²) in [5.74, 6) is 0.799. The van der Waals surface area contributed by atoms with Crippen LogP contribution >= 0.6 is 0 Å². The van der Waals surface area contributed by atoms with Gasteiger partial charge in [-0.05, 0) is 12.5 Å². The van der Waals surface area contributed by atoms with Gasteiger partial charge in [-0.1, -0.05) is 0 Å². The molecule has 0 radical (unpaired) electrons. The van der Waals surface area contributed by atoms with Crippen molar-refractivity contribution in [2.75, 3.05) is 25.0 Å². The van der Waals surface area contributed by atoms with Crippen molar-refractivity contribution in [2.24, 2.45) is 7.05 Å². The van der Waals surface area contributed by atoms with Crippen molar-refractivity contribution < 1.29 is 8.42 Å². The standard InChI is InChI=1S/C15H19N7O2S/c1-20-8-13(19-10-20)25(23,24)22-6-4-11(7-22)21(2)15-12-3-5-16-14(12)17-9-18-15/h3,5,8-11H,4,6-7H2,1-2H3,(H,16,17,18). The number of aromatic amines is 1. The summed E-state index contributed by atoms with van der Waals surface area (Å²) in [7, 11) is 0.132. The van der Waals surface area contributed by atoms with Crippen molar-refractivity contribution in [3.8, 4) is 0 Å². The number of anilines is 1. The van der Waals surface area contributed by atoms with Crippen LogP contribution in [0, 0.1) is 0 Å². The smallest absolute Gasteiger partial charge is 0.262 e. The molecule has 1 aliphatic heterocycles. The van der Waals surface area contributed by atoms with Gasteiger partial charge < -0.3 is 14.5 Å². The van der Waals surface area contributed by atoms with Gasteiger partial charge in [0.05, 0.1) is 11.7 Å². The number of likely N-dealkylation sites (N-methyl/N-ethyl adjacent to an activating group) is 1. The van der Waals surface area contributed by atoms with E-state index in [1.807, 2.05) is 24.2 Å². The van der Waals surface area contributed by atoms with Crippen LogP contribution in [0.3, 0.4) is 0 Å². The average Bonchev–Trinajstić information content (AvgIpc) is 3.33. The van der Waals surface area contributed by atoms with Gasteiger partial charge in [-0.2, -0.15) is 4.31 Å². The lowest BCUT2D eigenvalue weighted by Gasteiger charge is -2.26. The predicted octanol–water partition coefficient (Wildman–Crippen LogP) is 0.591. The Morgan fingerprint density at radius 2 is 2.16 bits per heavy atom. The third kappa shape index (κ3) is 2.67. The van der Waals surface area contributed by atoms with E-state index in [2.05, 4.69) is 19.9 Å². The quantitative estimate of drug-likeness (QED) is 0.730. The lowest BCUT2D eigenvalue weighted by atomic mass is 10.2. The van der Waals surface area contributed by atoms with Crippen LogP contribution in [0.5, 0.6) is 0 Å². The second-order valence-electron chi connectivity index (χ2n) is 6.23. The fourth-order valence-corrected chi connectivity index (χ4v) is 4.67. The Labute approximate surface area is 145 Å². The first kappa shape index (κ1) is 16.0. The maximum atomic E-state index is 12.7. The zero-order valence-corrected chi connectivity index (χ0v) is 14.8. The third-order valence-corrected chi connectivity index (χ3v) is 6.38. The van der Waals surface area contributed by atoms with Crippen LogP contribution in [0.2, 0.25) is 0 Å². The first-order valence-electron chi connectivity index (χ1n) is 7.96. The first-order chi connectivity index (χ1) is 12.0. The van der Waals surface area contributed by atoms with Gasteiger partial charge in [0.2, 0.25) is 0 Å². The first-order valence-corrected chi connectivity index (χ1v) is 9.40. The minimum atomic E-state index is -3.56. The number of rotatable bonds is 4. The summed E-state index contributed by atoms with van der Waals surface area (Å²) in [6, 6.07) is 1.98. The molecule has 1 fully saturated rings. The molecule has 10 heteroatoms. The minimum absolute atomic E-state index is 0.0477. The molecule has 0 bridgehead atoms. The van der Waals surface area contributed by atoms with Gasteiger partial charge in [0.1, 0.15) is 17.8 Å². The zero-order valence-electron chi connectivity index (χ0n) is 14.0. The van der Waals surface area contributed by atoms with Gasteiger partial charge in [-0.3, -0.25) is 0 Å². The molecule has 0 spiro atoms. The average molecular weight is 361 g/mol. The van der Waals surface area contributed by atoms with Crippen molar-refractivity contribution in [3.05, 3.63) is 31.1 Å². The molecule has 9 nitrogen and oxygen atoms in total. The molecule has 4 rings (SSSR count).